The standard InChI is InChI=1S/C14H12N4O2/c1-20-12-8-15-7-6-10(12)14(19)16-13-9-4-2-3-5-11(9)17-18-13/h2-8H,1H3,(H2,16,17,18,19). The number of methoxy groups -OCH3 is 1. The Labute approximate surface area is 114 Å². The lowest BCUT2D eigenvalue weighted by atomic mass is 10.2. The van der Waals surface area contributed by atoms with Gasteiger partial charge in [0.05, 0.1) is 24.4 Å². The number of para-hydroxylation sites is 1. The maximum absolute atomic E-state index is 12.3. The Morgan fingerprint density at radius 2 is 2.15 bits per heavy atom. The van der Waals surface area contributed by atoms with Gasteiger partial charge in [-0.15, -0.1) is 0 Å². The van der Waals surface area contributed by atoms with Gasteiger partial charge in [0, 0.05) is 11.6 Å². The number of anilines is 1. The van der Waals surface area contributed by atoms with Gasteiger partial charge in [0.25, 0.3) is 5.91 Å². The van der Waals surface area contributed by atoms with Crippen molar-refractivity contribution in [3.63, 3.8) is 0 Å². The Hall–Kier alpha value is -2.89. The molecule has 0 unspecified atom stereocenters. The maximum atomic E-state index is 12.3. The third-order valence-electron chi connectivity index (χ3n) is 2.95. The van der Waals surface area contributed by atoms with Crippen molar-refractivity contribution in [2.45, 2.75) is 0 Å². The van der Waals surface area contributed by atoms with Crippen molar-refractivity contribution in [2.75, 3.05) is 12.4 Å². The molecule has 2 N–H and O–H groups in total. The summed E-state index contributed by atoms with van der Waals surface area (Å²) < 4.78 is 5.12. The van der Waals surface area contributed by atoms with E-state index in [1.165, 1.54) is 13.3 Å². The molecular formula is C14H12N4O2. The second kappa shape index (κ2) is 5.00. The number of aromatic amines is 1. The molecule has 2 aromatic heterocycles. The number of ether oxygens (including phenoxy) is 1. The van der Waals surface area contributed by atoms with Crippen molar-refractivity contribution in [1.82, 2.24) is 15.2 Å². The number of hydrogen-bond donors (Lipinski definition) is 2. The summed E-state index contributed by atoms with van der Waals surface area (Å²) in [6.07, 6.45) is 3.04. The van der Waals surface area contributed by atoms with Crippen LogP contribution in [0.2, 0.25) is 0 Å². The van der Waals surface area contributed by atoms with Crippen LogP contribution in [0.15, 0.2) is 42.7 Å². The van der Waals surface area contributed by atoms with Crippen LogP contribution in [-0.2, 0) is 0 Å². The Morgan fingerprint density at radius 1 is 1.30 bits per heavy atom. The minimum Gasteiger partial charge on any atom is -0.494 e. The van der Waals surface area contributed by atoms with Gasteiger partial charge in [-0.05, 0) is 18.2 Å². The largest absolute Gasteiger partial charge is 0.494 e. The smallest absolute Gasteiger partial charge is 0.260 e. The predicted molar refractivity (Wildman–Crippen MR) is 74.8 cm³/mol. The summed E-state index contributed by atoms with van der Waals surface area (Å²) in [5.74, 6) is 0.621. The van der Waals surface area contributed by atoms with Crippen LogP contribution in [0.5, 0.6) is 5.75 Å². The number of aromatic nitrogens is 3. The van der Waals surface area contributed by atoms with Crippen molar-refractivity contribution >= 4 is 22.6 Å². The lowest BCUT2D eigenvalue weighted by Gasteiger charge is -2.07. The minimum atomic E-state index is -0.290. The van der Waals surface area contributed by atoms with E-state index >= 15 is 0 Å². The van der Waals surface area contributed by atoms with E-state index in [0.29, 0.717) is 17.1 Å². The monoisotopic (exact) mass is 268 g/mol. The number of hydrogen-bond acceptors (Lipinski definition) is 4. The average Bonchev–Trinajstić information content (AvgIpc) is 2.90. The molecule has 2 heterocycles. The van der Waals surface area contributed by atoms with Crippen LogP contribution < -0.4 is 10.1 Å². The molecule has 6 heteroatoms. The summed E-state index contributed by atoms with van der Waals surface area (Å²) in [5.41, 5.74) is 1.28. The molecule has 0 saturated carbocycles. The predicted octanol–water partition coefficient (Wildman–Crippen LogP) is 2.22. The van der Waals surface area contributed by atoms with Gasteiger partial charge in [0.2, 0.25) is 0 Å². The van der Waals surface area contributed by atoms with Crippen LogP contribution in [0, 0.1) is 0 Å². The number of fused-ring (bicyclic) bond motifs is 1. The van der Waals surface area contributed by atoms with E-state index < -0.39 is 0 Å². The molecule has 0 aliphatic rings. The SMILES string of the molecule is COc1cnccc1C(=O)Nc1n[nH]c2ccccc12. The molecule has 0 fully saturated rings. The van der Waals surface area contributed by atoms with Gasteiger partial charge in [0.15, 0.2) is 5.82 Å². The molecule has 0 saturated heterocycles. The van der Waals surface area contributed by atoms with Gasteiger partial charge >= 0.3 is 0 Å². The van der Waals surface area contributed by atoms with Gasteiger partial charge in [-0.25, -0.2) is 0 Å². The van der Waals surface area contributed by atoms with Crippen molar-refractivity contribution < 1.29 is 9.53 Å². The summed E-state index contributed by atoms with van der Waals surface area (Å²) in [6, 6.07) is 9.17. The van der Waals surface area contributed by atoms with E-state index in [-0.39, 0.29) is 5.91 Å². The second-order valence-electron chi connectivity index (χ2n) is 4.15. The zero-order valence-electron chi connectivity index (χ0n) is 10.8. The quantitative estimate of drug-likeness (QED) is 0.763. The van der Waals surface area contributed by atoms with Crippen LogP contribution in [0.25, 0.3) is 10.9 Å². The molecule has 0 aliphatic heterocycles. The molecule has 0 radical (unpaired) electrons. The summed E-state index contributed by atoms with van der Waals surface area (Å²) in [5, 5.41) is 10.6. The van der Waals surface area contributed by atoms with Crippen molar-refractivity contribution in [2.24, 2.45) is 0 Å². The summed E-state index contributed by atoms with van der Waals surface area (Å²) in [6.45, 7) is 0. The molecular weight excluding hydrogens is 256 g/mol. The first-order valence-electron chi connectivity index (χ1n) is 6.02. The lowest BCUT2D eigenvalue weighted by Crippen LogP contribution is -2.13. The van der Waals surface area contributed by atoms with Crippen LogP contribution >= 0.6 is 0 Å². The molecule has 6 nitrogen and oxygen atoms in total. The van der Waals surface area contributed by atoms with Crippen LogP contribution in [-0.4, -0.2) is 28.2 Å². The molecule has 100 valence electrons. The van der Waals surface area contributed by atoms with Crippen molar-refractivity contribution in [3.05, 3.63) is 48.3 Å². The number of nitrogens with one attached hydrogen (secondary N) is 2. The summed E-state index contributed by atoms with van der Waals surface area (Å²) in [4.78, 5) is 16.2. The zero-order valence-corrected chi connectivity index (χ0v) is 10.8. The fourth-order valence-corrected chi connectivity index (χ4v) is 1.96. The molecule has 0 spiro atoms. The molecule has 3 rings (SSSR count). The van der Waals surface area contributed by atoms with Crippen LogP contribution in [0.1, 0.15) is 10.4 Å². The highest BCUT2D eigenvalue weighted by atomic mass is 16.5. The summed E-state index contributed by atoms with van der Waals surface area (Å²) in [7, 11) is 1.50. The average molecular weight is 268 g/mol. The fraction of sp³-hybridized carbons (Fsp3) is 0.0714. The fourth-order valence-electron chi connectivity index (χ4n) is 1.96. The Morgan fingerprint density at radius 3 is 3.00 bits per heavy atom. The van der Waals surface area contributed by atoms with Crippen molar-refractivity contribution in [3.8, 4) is 5.75 Å². The molecule has 0 bridgehead atoms. The number of H-pyrrole nitrogens is 1. The highest BCUT2D eigenvalue weighted by Gasteiger charge is 2.14. The maximum Gasteiger partial charge on any atom is 0.260 e. The summed E-state index contributed by atoms with van der Waals surface area (Å²) >= 11 is 0. The number of benzene rings is 1. The Kier molecular flexibility index (Phi) is 3.04. The van der Waals surface area contributed by atoms with Gasteiger partial charge < -0.3 is 10.1 Å². The molecule has 20 heavy (non-hydrogen) atoms. The number of carbonyl (C=O) groups is 1. The Bertz CT molecular complexity index is 766. The third kappa shape index (κ3) is 2.07. The lowest BCUT2D eigenvalue weighted by molar-refractivity contribution is 0.102. The molecule has 0 aliphatic carbocycles. The van der Waals surface area contributed by atoms with E-state index in [9.17, 15) is 4.79 Å². The second-order valence-corrected chi connectivity index (χ2v) is 4.15. The van der Waals surface area contributed by atoms with Gasteiger partial charge in [-0.2, -0.15) is 5.10 Å². The third-order valence-corrected chi connectivity index (χ3v) is 2.95. The zero-order chi connectivity index (χ0) is 13.9. The number of pyridine rings is 1. The molecule has 1 amide bonds. The topological polar surface area (TPSA) is 79.9 Å². The highest BCUT2D eigenvalue weighted by Crippen LogP contribution is 2.22. The van der Waals surface area contributed by atoms with Gasteiger partial charge in [0.1, 0.15) is 5.75 Å². The number of nitrogens with zero attached hydrogens (tertiary/aromatic N) is 2. The molecule has 3 aromatic rings. The first-order chi connectivity index (χ1) is 9.79. The first kappa shape index (κ1) is 12.2. The van der Waals surface area contributed by atoms with E-state index in [1.807, 2.05) is 24.3 Å². The first-order valence-corrected chi connectivity index (χ1v) is 6.02. The molecule has 0 atom stereocenters. The number of rotatable bonds is 3. The van der Waals surface area contributed by atoms with Crippen LogP contribution in [0.4, 0.5) is 5.82 Å². The number of amides is 1. The van der Waals surface area contributed by atoms with Crippen molar-refractivity contribution in [1.29, 1.82) is 0 Å². The van der Waals surface area contributed by atoms with Gasteiger partial charge in [-0.1, -0.05) is 12.1 Å². The molecule has 1 aromatic carbocycles. The minimum absolute atomic E-state index is 0.290. The van der Waals surface area contributed by atoms with E-state index in [4.69, 9.17) is 4.74 Å². The Balaban J connectivity index is 1.93. The van der Waals surface area contributed by atoms with Gasteiger partial charge in [-0.3, -0.25) is 14.9 Å². The van der Waals surface area contributed by atoms with E-state index in [0.717, 1.165) is 10.9 Å². The van der Waals surface area contributed by atoms with E-state index in [2.05, 4.69) is 20.5 Å². The normalized spacial score (nSPS) is 10.4. The van der Waals surface area contributed by atoms with Crippen LogP contribution in [0.3, 0.4) is 0 Å². The number of carbonyl (C=O) groups excluding carboxylic acids is 1. The highest BCUT2D eigenvalue weighted by molar-refractivity contribution is 6.09. The van der Waals surface area contributed by atoms with E-state index in [1.54, 1.807) is 12.3 Å².